The molecule has 1 heterocycles. The fourth-order valence-corrected chi connectivity index (χ4v) is 3.45. The summed E-state index contributed by atoms with van der Waals surface area (Å²) in [4.78, 5) is 25.6. The van der Waals surface area contributed by atoms with Crippen molar-refractivity contribution >= 4 is 39.4 Å². The first-order valence-corrected chi connectivity index (χ1v) is 9.12. The number of nitrogens with zero attached hydrogens (tertiary/aromatic N) is 1. The molecule has 1 fully saturated rings. The molecule has 1 aliphatic heterocycles. The van der Waals surface area contributed by atoms with Gasteiger partial charge in [0.2, 0.25) is 5.91 Å². The van der Waals surface area contributed by atoms with E-state index in [2.05, 4.69) is 15.9 Å². The number of carbonyl (C=O) groups excluding carboxylic acids is 2. The summed E-state index contributed by atoms with van der Waals surface area (Å²) in [5.74, 6) is 0.219. The minimum Gasteiger partial charge on any atom is -0.492 e. The van der Waals surface area contributed by atoms with Crippen molar-refractivity contribution in [3.05, 3.63) is 27.7 Å². The molecule has 0 bridgehead atoms. The molecule has 7 heteroatoms. The van der Waals surface area contributed by atoms with Crippen LogP contribution in [0.5, 0.6) is 5.75 Å². The van der Waals surface area contributed by atoms with E-state index >= 15 is 0 Å². The van der Waals surface area contributed by atoms with E-state index in [0.717, 1.165) is 17.3 Å². The van der Waals surface area contributed by atoms with E-state index in [4.69, 9.17) is 21.1 Å². The van der Waals surface area contributed by atoms with Crippen LogP contribution >= 0.6 is 27.5 Å². The first kappa shape index (κ1) is 19.1. The Morgan fingerprint density at radius 3 is 2.92 bits per heavy atom. The second-order valence-electron chi connectivity index (χ2n) is 5.73. The van der Waals surface area contributed by atoms with Crippen molar-refractivity contribution in [3.8, 4) is 5.75 Å². The standard InChI is InChI=1S/C17H21BrClNO4/c1-23-17(22)12-4-2-8-20(11-12)16(21)5-3-9-24-15-7-6-13(18)10-14(15)19/h6-7,10,12H,2-5,8-9,11H2,1H3. The highest BCUT2D eigenvalue weighted by atomic mass is 79.9. The lowest BCUT2D eigenvalue weighted by Crippen LogP contribution is -2.42. The molecule has 0 aromatic heterocycles. The van der Waals surface area contributed by atoms with Crippen LogP contribution in [0.15, 0.2) is 22.7 Å². The zero-order valence-corrected chi connectivity index (χ0v) is 15.9. The molecule has 0 saturated carbocycles. The second kappa shape index (κ2) is 9.28. The fourth-order valence-electron chi connectivity index (χ4n) is 2.72. The molecule has 132 valence electrons. The smallest absolute Gasteiger partial charge is 0.310 e. The summed E-state index contributed by atoms with van der Waals surface area (Å²) in [6.07, 6.45) is 2.60. The van der Waals surface area contributed by atoms with Crippen molar-refractivity contribution in [2.45, 2.75) is 25.7 Å². The quantitative estimate of drug-likeness (QED) is 0.522. The summed E-state index contributed by atoms with van der Waals surface area (Å²) in [5.41, 5.74) is 0. The Balaban J connectivity index is 1.73. The highest BCUT2D eigenvalue weighted by molar-refractivity contribution is 9.10. The summed E-state index contributed by atoms with van der Waals surface area (Å²) >= 11 is 9.42. The minimum absolute atomic E-state index is 0.0501. The topological polar surface area (TPSA) is 55.8 Å². The average molecular weight is 419 g/mol. The maximum Gasteiger partial charge on any atom is 0.310 e. The van der Waals surface area contributed by atoms with Gasteiger partial charge in [0.25, 0.3) is 0 Å². The third-order valence-corrected chi connectivity index (χ3v) is 4.78. The number of benzene rings is 1. The molecule has 0 aliphatic carbocycles. The van der Waals surface area contributed by atoms with Crippen LogP contribution in [0.1, 0.15) is 25.7 Å². The summed E-state index contributed by atoms with van der Waals surface area (Å²) in [6.45, 7) is 1.57. The predicted molar refractivity (Wildman–Crippen MR) is 95.2 cm³/mol. The minimum atomic E-state index is -0.235. The highest BCUT2D eigenvalue weighted by Gasteiger charge is 2.28. The van der Waals surface area contributed by atoms with Crippen molar-refractivity contribution in [2.24, 2.45) is 5.92 Å². The van der Waals surface area contributed by atoms with E-state index < -0.39 is 0 Å². The number of hydrogen-bond donors (Lipinski definition) is 0. The molecular formula is C17H21BrClNO4. The van der Waals surface area contributed by atoms with Gasteiger partial charge in [0.15, 0.2) is 0 Å². The maximum atomic E-state index is 12.3. The van der Waals surface area contributed by atoms with Gasteiger partial charge < -0.3 is 14.4 Å². The van der Waals surface area contributed by atoms with Gasteiger partial charge in [-0.25, -0.2) is 0 Å². The third-order valence-electron chi connectivity index (χ3n) is 4.00. The van der Waals surface area contributed by atoms with E-state index in [0.29, 0.717) is 43.3 Å². The zero-order valence-electron chi connectivity index (χ0n) is 13.6. The molecule has 2 rings (SSSR count). The van der Waals surface area contributed by atoms with Crippen LogP contribution in [0.3, 0.4) is 0 Å². The number of hydrogen-bond acceptors (Lipinski definition) is 4. The molecule has 1 aromatic carbocycles. The number of esters is 1. The Labute approximate surface area is 155 Å². The molecule has 0 radical (unpaired) electrons. The first-order valence-electron chi connectivity index (χ1n) is 7.94. The van der Waals surface area contributed by atoms with Crippen LogP contribution in [0.4, 0.5) is 0 Å². The van der Waals surface area contributed by atoms with Crippen LogP contribution in [0.25, 0.3) is 0 Å². The highest BCUT2D eigenvalue weighted by Crippen LogP contribution is 2.27. The monoisotopic (exact) mass is 417 g/mol. The Morgan fingerprint density at radius 1 is 1.42 bits per heavy atom. The molecule has 24 heavy (non-hydrogen) atoms. The number of ether oxygens (including phenoxy) is 2. The Hall–Kier alpha value is -1.27. The number of rotatable bonds is 6. The SMILES string of the molecule is COC(=O)C1CCCN(C(=O)CCCOc2ccc(Br)cc2Cl)C1. The van der Waals surface area contributed by atoms with Gasteiger partial charge in [-0.2, -0.15) is 0 Å². The van der Waals surface area contributed by atoms with Crippen LogP contribution in [0, 0.1) is 5.92 Å². The summed E-state index contributed by atoms with van der Waals surface area (Å²) in [5, 5.41) is 0.535. The molecular weight excluding hydrogens is 398 g/mol. The summed E-state index contributed by atoms with van der Waals surface area (Å²) in [7, 11) is 1.38. The first-order chi connectivity index (χ1) is 11.5. The van der Waals surface area contributed by atoms with Crippen molar-refractivity contribution < 1.29 is 19.1 Å². The van der Waals surface area contributed by atoms with E-state index in [1.807, 2.05) is 6.07 Å². The maximum absolute atomic E-state index is 12.3. The van der Waals surface area contributed by atoms with Crippen molar-refractivity contribution in [2.75, 3.05) is 26.8 Å². The fraction of sp³-hybridized carbons (Fsp3) is 0.529. The van der Waals surface area contributed by atoms with Crippen LogP contribution in [-0.4, -0.2) is 43.6 Å². The predicted octanol–water partition coefficient (Wildman–Crippen LogP) is 3.67. The van der Waals surface area contributed by atoms with E-state index in [9.17, 15) is 9.59 Å². The van der Waals surface area contributed by atoms with Gasteiger partial charge in [-0.05, 0) is 37.5 Å². The second-order valence-corrected chi connectivity index (χ2v) is 7.05. The molecule has 1 saturated heterocycles. The zero-order chi connectivity index (χ0) is 17.5. The van der Waals surface area contributed by atoms with Crippen molar-refractivity contribution in [1.29, 1.82) is 0 Å². The van der Waals surface area contributed by atoms with Crippen LogP contribution in [0.2, 0.25) is 5.02 Å². The van der Waals surface area contributed by atoms with E-state index in [1.165, 1.54) is 7.11 Å². The normalized spacial score (nSPS) is 17.5. The summed E-state index contributed by atoms with van der Waals surface area (Å²) in [6, 6.07) is 5.41. The molecule has 5 nitrogen and oxygen atoms in total. The molecule has 1 aliphatic rings. The largest absolute Gasteiger partial charge is 0.492 e. The Kier molecular flexibility index (Phi) is 7.37. The Bertz CT molecular complexity index is 596. The van der Waals surface area contributed by atoms with Crippen LogP contribution in [-0.2, 0) is 14.3 Å². The van der Waals surface area contributed by atoms with E-state index in [1.54, 1.807) is 17.0 Å². The summed E-state index contributed by atoms with van der Waals surface area (Å²) < 4.78 is 11.3. The van der Waals surface area contributed by atoms with Crippen LogP contribution < -0.4 is 4.74 Å². The molecule has 1 unspecified atom stereocenters. The lowest BCUT2D eigenvalue weighted by molar-refractivity contribution is -0.149. The van der Waals surface area contributed by atoms with Gasteiger partial charge >= 0.3 is 5.97 Å². The average Bonchev–Trinajstić information content (AvgIpc) is 2.59. The lowest BCUT2D eigenvalue weighted by atomic mass is 9.98. The number of amides is 1. The molecule has 1 amide bonds. The van der Waals surface area contributed by atoms with Gasteiger partial charge in [-0.15, -0.1) is 0 Å². The molecule has 1 aromatic rings. The number of piperidine rings is 1. The number of halogens is 2. The number of carbonyl (C=O) groups is 2. The Morgan fingerprint density at radius 2 is 2.21 bits per heavy atom. The third kappa shape index (κ3) is 5.38. The van der Waals surface area contributed by atoms with Gasteiger partial charge in [0, 0.05) is 24.0 Å². The van der Waals surface area contributed by atoms with Gasteiger partial charge in [0.05, 0.1) is 24.7 Å². The van der Waals surface area contributed by atoms with E-state index in [-0.39, 0.29) is 17.8 Å². The van der Waals surface area contributed by atoms with Gasteiger partial charge in [-0.1, -0.05) is 27.5 Å². The van der Waals surface area contributed by atoms with Crippen molar-refractivity contribution in [3.63, 3.8) is 0 Å². The molecule has 0 spiro atoms. The van der Waals surface area contributed by atoms with Gasteiger partial charge in [0.1, 0.15) is 5.75 Å². The molecule has 0 N–H and O–H groups in total. The van der Waals surface area contributed by atoms with Gasteiger partial charge in [-0.3, -0.25) is 9.59 Å². The number of likely N-dealkylation sites (tertiary alicyclic amines) is 1. The lowest BCUT2D eigenvalue weighted by Gasteiger charge is -2.31. The number of methoxy groups -OCH3 is 1. The van der Waals surface area contributed by atoms with Crippen molar-refractivity contribution in [1.82, 2.24) is 4.90 Å². The molecule has 1 atom stereocenters.